The van der Waals surface area contributed by atoms with Gasteiger partial charge in [-0.1, -0.05) is 30.3 Å². The number of carbonyl (C=O) groups is 3. The number of hydrogen-bond acceptors (Lipinski definition) is 6. The number of rotatable bonds is 5. The van der Waals surface area contributed by atoms with E-state index >= 15 is 0 Å². The highest BCUT2D eigenvalue weighted by Crippen LogP contribution is 2.34. The highest BCUT2D eigenvalue weighted by atomic mass is 32.2. The molecule has 0 aliphatic carbocycles. The molecule has 1 aliphatic heterocycles. The molecule has 1 aliphatic rings. The van der Waals surface area contributed by atoms with E-state index in [0.29, 0.717) is 28.3 Å². The van der Waals surface area contributed by atoms with Gasteiger partial charge in [-0.3, -0.25) is 19.3 Å². The second-order valence-electron chi connectivity index (χ2n) is 7.44. The zero-order valence-electron chi connectivity index (χ0n) is 17.9. The number of nitrogens with one attached hydrogen (secondary N) is 1. The van der Waals surface area contributed by atoms with Crippen molar-refractivity contribution in [2.24, 2.45) is 0 Å². The van der Waals surface area contributed by atoms with Crippen LogP contribution in [-0.4, -0.2) is 28.5 Å². The Labute approximate surface area is 194 Å². The van der Waals surface area contributed by atoms with Gasteiger partial charge in [0.25, 0.3) is 11.1 Å². The van der Waals surface area contributed by atoms with Crippen molar-refractivity contribution in [2.45, 2.75) is 13.8 Å². The lowest BCUT2D eigenvalue weighted by molar-refractivity contribution is -0.127. The largest absolute Gasteiger partial charge is 0.457 e. The molecular weight excluding hydrogens is 438 g/mol. The molecule has 3 amide bonds. The fourth-order valence-electron chi connectivity index (χ4n) is 3.47. The summed E-state index contributed by atoms with van der Waals surface area (Å²) in [5.74, 6) is -0.171. The lowest BCUT2D eigenvalue weighted by Crippen LogP contribution is -2.36. The molecular formula is C25H19N3O4S. The van der Waals surface area contributed by atoms with Gasteiger partial charge in [-0.2, -0.15) is 5.26 Å². The topological polar surface area (TPSA) is 103 Å². The van der Waals surface area contributed by atoms with Crippen molar-refractivity contribution in [1.29, 1.82) is 5.26 Å². The Kier molecular flexibility index (Phi) is 6.16. The third-order valence-electron chi connectivity index (χ3n) is 5.13. The van der Waals surface area contributed by atoms with Gasteiger partial charge in [0.2, 0.25) is 5.91 Å². The number of anilines is 1. The molecule has 33 heavy (non-hydrogen) atoms. The maximum Gasteiger partial charge on any atom is 0.294 e. The van der Waals surface area contributed by atoms with Crippen molar-refractivity contribution in [3.63, 3.8) is 0 Å². The molecule has 0 radical (unpaired) electrons. The van der Waals surface area contributed by atoms with Crippen LogP contribution in [-0.2, 0) is 9.59 Å². The summed E-state index contributed by atoms with van der Waals surface area (Å²) in [5, 5.41) is 11.5. The average molecular weight is 458 g/mol. The molecule has 0 spiro atoms. The molecule has 1 N–H and O–H groups in total. The average Bonchev–Trinajstić information content (AvgIpc) is 3.36. The molecule has 0 unspecified atom stereocenters. The molecule has 164 valence electrons. The number of benzene rings is 2. The van der Waals surface area contributed by atoms with Gasteiger partial charge in [-0.15, -0.1) is 0 Å². The van der Waals surface area contributed by atoms with Gasteiger partial charge in [-0.05, 0) is 61.0 Å². The van der Waals surface area contributed by atoms with Crippen molar-refractivity contribution < 1.29 is 18.8 Å². The number of imide groups is 1. The highest BCUT2D eigenvalue weighted by molar-refractivity contribution is 8.18. The van der Waals surface area contributed by atoms with E-state index in [4.69, 9.17) is 4.42 Å². The van der Waals surface area contributed by atoms with Gasteiger partial charge in [0.15, 0.2) is 0 Å². The summed E-state index contributed by atoms with van der Waals surface area (Å²) in [7, 11) is 0. The lowest BCUT2D eigenvalue weighted by Gasteiger charge is -2.15. The SMILES string of the molecule is Cc1cccc(C)c1NC(=O)CN1C(=O)S/C(=C/c2ccc(-c3ccccc3C#N)o2)C1=O. The second kappa shape index (κ2) is 9.18. The minimum atomic E-state index is -0.558. The van der Waals surface area contributed by atoms with Crippen molar-refractivity contribution >= 4 is 40.6 Å². The summed E-state index contributed by atoms with van der Waals surface area (Å²) in [5.41, 5.74) is 3.56. The minimum absolute atomic E-state index is 0.161. The van der Waals surface area contributed by atoms with Crippen molar-refractivity contribution in [3.8, 4) is 17.4 Å². The Morgan fingerprint density at radius 1 is 1.09 bits per heavy atom. The predicted molar refractivity (Wildman–Crippen MR) is 126 cm³/mol. The van der Waals surface area contributed by atoms with Gasteiger partial charge >= 0.3 is 0 Å². The van der Waals surface area contributed by atoms with E-state index in [2.05, 4.69) is 11.4 Å². The fourth-order valence-corrected chi connectivity index (χ4v) is 4.29. The number of nitrogens with zero attached hydrogens (tertiary/aromatic N) is 2. The number of furan rings is 1. The van der Waals surface area contributed by atoms with Crippen LogP contribution in [0.1, 0.15) is 22.5 Å². The Balaban J connectivity index is 1.49. The summed E-state index contributed by atoms with van der Waals surface area (Å²) >= 11 is 0.750. The maximum absolute atomic E-state index is 12.8. The van der Waals surface area contributed by atoms with Crippen LogP contribution in [0.5, 0.6) is 0 Å². The van der Waals surface area contributed by atoms with E-state index in [-0.39, 0.29) is 11.4 Å². The molecule has 0 saturated carbocycles. The molecule has 2 heterocycles. The predicted octanol–water partition coefficient (Wildman–Crippen LogP) is 5.11. The Morgan fingerprint density at radius 3 is 2.55 bits per heavy atom. The third kappa shape index (κ3) is 4.59. The van der Waals surface area contributed by atoms with Gasteiger partial charge in [-0.25, -0.2) is 0 Å². The van der Waals surface area contributed by atoms with Gasteiger partial charge in [0, 0.05) is 17.3 Å². The number of amides is 3. The van der Waals surface area contributed by atoms with E-state index in [1.807, 2.05) is 32.0 Å². The van der Waals surface area contributed by atoms with E-state index in [9.17, 15) is 19.6 Å². The Morgan fingerprint density at radius 2 is 1.82 bits per heavy atom. The van der Waals surface area contributed by atoms with E-state index in [1.165, 1.54) is 6.08 Å². The zero-order chi connectivity index (χ0) is 23.5. The molecule has 2 aromatic carbocycles. The number of carbonyl (C=O) groups excluding carboxylic acids is 3. The molecule has 0 atom stereocenters. The maximum atomic E-state index is 12.8. The van der Waals surface area contributed by atoms with Crippen LogP contribution >= 0.6 is 11.8 Å². The quantitative estimate of drug-likeness (QED) is 0.534. The molecule has 1 aromatic heterocycles. The summed E-state index contributed by atoms with van der Waals surface area (Å²) in [6.45, 7) is 3.37. The molecule has 8 heteroatoms. The van der Waals surface area contributed by atoms with Crippen LogP contribution in [0, 0.1) is 25.2 Å². The van der Waals surface area contributed by atoms with E-state index < -0.39 is 17.1 Å². The minimum Gasteiger partial charge on any atom is -0.457 e. The van der Waals surface area contributed by atoms with Crippen LogP contribution in [0.4, 0.5) is 10.5 Å². The first-order chi connectivity index (χ1) is 15.9. The first kappa shape index (κ1) is 22.1. The number of thioether (sulfide) groups is 1. The number of nitriles is 1. The summed E-state index contributed by atoms with van der Waals surface area (Å²) in [6, 6.07) is 18.1. The van der Waals surface area contributed by atoms with Crippen LogP contribution in [0.2, 0.25) is 0 Å². The molecule has 0 bridgehead atoms. The van der Waals surface area contributed by atoms with Crippen molar-refractivity contribution in [2.75, 3.05) is 11.9 Å². The van der Waals surface area contributed by atoms with E-state index in [1.54, 1.807) is 36.4 Å². The zero-order valence-corrected chi connectivity index (χ0v) is 18.7. The molecule has 4 rings (SSSR count). The van der Waals surface area contributed by atoms with Crippen LogP contribution < -0.4 is 5.32 Å². The standard InChI is InChI=1S/C25H19N3O4S/c1-15-6-5-7-16(2)23(15)27-22(29)14-28-24(30)21(33-25(28)31)12-18-10-11-20(32-18)19-9-4-3-8-17(19)13-26/h3-12H,14H2,1-2H3,(H,27,29)/b21-12+. The third-order valence-corrected chi connectivity index (χ3v) is 6.04. The second-order valence-corrected chi connectivity index (χ2v) is 8.44. The van der Waals surface area contributed by atoms with E-state index in [0.717, 1.165) is 27.8 Å². The molecule has 3 aromatic rings. The lowest BCUT2D eigenvalue weighted by atomic mass is 10.1. The number of hydrogen-bond donors (Lipinski definition) is 1. The monoisotopic (exact) mass is 457 g/mol. The summed E-state index contributed by atoms with van der Waals surface area (Å²) in [6.07, 6.45) is 1.47. The summed E-state index contributed by atoms with van der Waals surface area (Å²) in [4.78, 5) is 38.8. The normalized spacial score (nSPS) is 14.6. The van der Waals surface area contributed by atoms with Crippen LogP contribution in [0.15, 0.2) is 63.9 Å². The first-order valence-corrected chi connectivity index (χ1v) is 10.9. The number of aryl methyl sites for hydroxylation is 2. The number of para-hydroxylation sites is 1. The van der Waals surface area contributed by atoms with Gasteiger partial charge in [0.1, 0.15) is 18.1 Å². The smallest absolute Gasteiger partial charge is 0.294 e. The first-order valence-electron chi connectivity index (χ1n) is 10.1. The van der Waals surface area contributed by atoms with Gasteiger partial charge < -0.3 is 9.73 Å². The molecule has 7 nitrogen and oxygen atoms in total. The van der Waals surface area contributed by atoms with Crippen LogP contribution in [0.25, 0.3) is 17.4 Å². The highest BCUT2D eigenvalue weighted by Gasteiger charge is 2.36. The molecule has 1 saturated heterocycles. The Hall–Kier alpha value is -4.09. The van der Waals surface area contributed by atoms with Crippen LogP contribution in [0.3, 0.4) is 0 Å². The van der Waals surface area contributed by atoms with Crippen molar-refractivity contribution in [3.05, 3.63) is 82.0 Å². The van der Waals surface area contributed by atoms with Gasteiger partial charge in [0.05, 0.1) is 16.5 Å². The molecule has 1 fully saturated rings. The summed E-state index contributed by atoms with van der Waals surface area (Å²) < 4.78 is 5.78. The fraction of sp³-hybridized carbons (Fsp3) is 0.120. The van der Waals surface area contributed by atoms with Crippen molar-refractivity contribution in [1.82, 2.24) is 4.90 Å². The Bertz CT molecular complexity index is 1330.